The number of likely N-dealkylation sites (N-methyl/N-ethyl adjacent to an activating group) is 2. The van der Waals surface area contributed by atoms with Crippen LogP contribution in [0, 0.1) is 0 Å². The summed E-state index contributed by atoms with van der Waals surface area (Å²) in [6, 6.07) is 7.62. The molecule has 1 N–H and O–H groups in total. The minimum atomic E-state index is -0.122. The van der Waals surface area contributed by atoms with Gasteiger partial charge in [-0.25, -0.2) is 0 Å². The summed E-state index contributed by atoms with van der Waals surface area (Å²) in [6.45, 7) is 1.72. The number of furan rings is 1. The van der Waals surface area contributed by atoms with Gasteiger partial charge in [-0.2, -0.15) is 0 Å². The zero-order valence-corrected chi connectivity index (χ0v) is 12.1. The normalized spacial score (nSPS) is 10.9. The fraction of sp³-hybridized carbons (Fsp3) is 0.400. The summed E-state index contributed by atoms with van der Waals surface area (Å²) in [5.41, 5.74) is 1.52. The van der Waals surface area contributed by atoms with Gasteiger partial charge < -0.3 is 19.4 Å². The maximum absolute atomic E-state index is 12.5. The number of benzene rings is 1. The van der Waals surface area contributed by atoms with E-state index in [2.05, 4.69) is 5.32 Å². The molecular weight excluding hydrogens is 256 g/mol. The number of ether oxygens (including phenoxy) is 1. The smallest absolute Gasteiger partial charge is 0.289 e. The maximum Gasteiger partial charge on any atom is 0.289 e. The van der Waals surface area contributed by atoms with Crippen molar-refractivity contribution in [3.8, 4) is 0 Å². The van der Waals surface area contributed by atoms with Crippen LogP contribution in [-0.4, -0.2) is 45.1 Å². The minimum Gasteiger partial charge on any atom is -0.451 e. The topological polar surface area (TPSA) is 54.7 Å². The maximum atomic E-state index is 12.5. The molecule has 1 heterocycles. The number of nitrogens with one attached hydrogen (secondary N) is 1. The van der Waals surface area contributed by atoms with E-state index in [-0.39, 0.29) is 5.91 Å². The zero-order chi connectivity index (χ0) is 14.5. The van der Waals surface area contributed by atoms with E-state index in [1.54, 1.807) is 19.1 Å². The first-order chi connectivity index (χ1) is 9.69. The van der Waals surface area contributed by atoms with Crippen LogP contribution in [0.5, 0.6) is 0 Å². The molecule has 0 saturated carbocycles. The highest BCUT2D eigenvalue weighted by molar-refractivity contribution is 5.98. The summed E-state index contributed by atoms with van der Waals surface area (Å²) in [5.74, 6) is 0.246. The molecule has 2 aromatic rings. The Morgan fingerprint density at radius 1 is 1.40 bits per heavy atom. The number of amides is 1. The van der Waals surface area contributed by atoms with Gasteiger partial charge in [0.15, 0.2) is 5.76 Å². The average Bonchev–Trinajstić information content (AvgIpc) is 2.83. The first-order valence-corrected chi connectivity index (χ1v) is 6.58. The number of hydrogen-bond acceptors (Lipinski definition) is 4. The fourth-order valence-electron chi connectivity index (χ4n) is 2.11. The van der Waals surface area contributed by atoms with E-state index in [0.717, 1.165) is 17.5 Å². The molecule has 1 aromatic carbocycles. The van der Waals surface area contributed by atoms with E-state index >= 15 is 0 Å². The number of nitrogens with zero attached hydrogens (tertiary/aromatic N) is 1. The molecule has 108 valence electrons. The zero-order valence-electron chi connectivity index (χ0n) is 12.1. The molecule has 5 heteroatoms. The Balaban J connectivity index is 2.37. The summed E-state index contributed by atoms with van der Waals surface area (Å²) in [4.78, 5) is 14.1. The molecule has 0 atom stereocenters. The van der Waals surface area contributed by atoms with E-state index in [4.69, 9.17) is 9.15 Å². The molecule has 5 nitrogen and oxygen atoms in total. The summed E-state index contributed by atoms with van der Waals surface area (Å²) in [7, 11) is 5.24. The van der Waals surface area contributed by atoms with Gasteiger partial charge >= 0.3 is 0 Å². The number of fused-ring (bicyclic) bond motifs is 1. The Kier molecular flexibility index (Phi) is 4.76. The van der Waals surface area contributed by atoms with Crippen molar-refractivity contribution in [1.82, 2.24) is 10.2 Å². The predicted molar refractivity (Wildman–Crippen MR) is 77.8 cm³/mol. The molecular formula is C15H20N2O3. The minimum absolute atomic E-state index is 0.122. The summed E-state index contributed by atoms with van der Waals surface area (Å²) < 4.78 is 10.9. The second kappa shape index (κ2) is 6.54. The number of para-hydroxylation sites is 1. The molecule has 0 aliphatic rings. The third-order valence-electron chi connectivity index (χ3n) is 3.23. The third-order valence-corrected chi connectivity index (χ3v) is 3.23. The molecule has 0 aliphatic heterocycles. The fourth-order valence-corrected chi connectivity index (χ4v) is 2.11. The van der Waals surface area contributed by atoms with Crippen LogP contribution >= 0.6 is 0 Å². The highest BCUT2D eigenvalue weighted by Crippen LogP contribution is 2.27. The molecule has 0 radical (unpaired) electrons. The SMILES string of the molecule is CNCCN(C)C(=O)c1oc2ccccc2c1COC. The number of carbonyl (C=O) groups is 1. The Morgan fingerprint density at radius 2 is 2.15 bits per heavy atom. The lowest BCUT2D eigenvalue weighted by atomic mass is 10.1. The van der Waals surface area contributed by atoms with Gasteiger partial charge in [0, 0.05) is 38.2 Å². The molecule has 2 rings (SSSR count). The van der Waals surface area contributed by atoms with Gasteiger partial charge in [0.25, 0.3) is 5.91 Å². The first kappa shape index (κ1) is 14.6. The van der Waals surface area contributed by atoms with Crippen molar-refractivity contribution in [1.29, 1.82) is 0 Å². The van der Waals surface area contributed by atoms with Gasteiger partial charge in [-0.05, 0) is 13.1 Å². The van der Waals surface area contributed by atoms with Crippen molar-refractivity contribution in [3.63, 3.8) is 0 Å². The highest BCUT2D eigenvalue weighted by Gasteiger charge is 2.22. The molecule has 0 unspecified atom stereocenters. The summed E-state index contributed by atoms with van der Waals surface area (Å²) in [6.07, 6.45) is 0. The van der Waals surface area contributed by atoms with E-state index in [1.807, 2.05) is 31.3 Å². The van der Waals surface area contributed by atoms with Crippen LogP contribution < -0.4 is 5.32 Å². The monoisotopic (exact) mass is 276 g/mol. The van der Waals surface area contributed by atoms with Gasteiger partial charge in [0.2, 0.25) is 0 Å². The second-order valence-corrected chi connectivity index (χ2v) is 4.67. The van der Waals surface area contributed by atoms with E-state index in [0.29, 0.717) is 24.5 Å². The van der Waals surface area contributed by atoms with Crippen molar-refractivity contribution in [2.75, 3.05) is 34.3 Å². The van der Waals surface area contributed by atoms with Crippen LogP contribution in [0.2, 0.25) is 0 Å². The molecule has 1 amide bonds. The second-order valence-electron chi connectivity index (χ2n) is 4.67. The number of hydrogen-bond donors (Lipinski definition) is 1. The number of methoxy groups -OCH3 is 1. The van der Waals surface area contributed by atoms with Crippen molar-refractivity contribution in [3.05, 3.63) is 35.6 Å². The quantitative estimate of drug-likeness (QED) is 0.875. The van der Waals surface area contributed by atoms with Gasteiger partial charge in [0.05, 0.1) is 6.61 Å². The van der Waals surface area contributed by atoms with E-state index in [9.17, 15) is 4.79 Å². The molecule has 0 saturated heterocycles. The standard InChI is InChI=1S/C15H20N2O3/c1-16-8-9-17(2)15(18)14-12(10-19-3)11-6-4-5-7-13(11)20-14/h4-7,16H,8-10H2,1-3H3. The summed E-state index contributed by atoms with van der Waals surface area (Å²) >= 11 is 0. The molecule has 0 aliphatic carbocycles. The Morgan fingerprint density at radius 3 is 2.85 bits per heavy atom. The first-order valence-electron chi connectivity index (χ1n) is 6.58. The highest BCUT2D eigenvalue weighted by atomic mass is 16.5. The molecule has 0 fully saturated rings. The average molecular weight is 276 g/mol. The van der Waals surface area contributed by atoms with Crippen molar-refractivity contribution in [2.45, 2.75) is 6.61 Å². The van der Waals surface area contributed by atoms with Crippen molar-refractivity contribution < 1.29 is 13.9 Å². The van der Waals surface area contributed by atoms with Gasteiger partial charge in [-0.15, -0.1) is 0 Å². The van der Waals surface area contributed by atoms with Crippen LogP contribution in [0.3, 0.4) is 0 Å². The number of rotatable bonds is 6. The Labute approximate surface area is 118 Å². The molecule has 1 aromatic heterocycles. The lowest BCUT2D eigenvalue weighted by Crippen LogP contribution is -2.33. The van der Waals surface area contributed by atoms with E-state index < -0.39 is 0 Å². The van der Waals surface area contributed by atoms with Gasteiger partial charge in [-0.1, -0.05) is 18.2 Å². The number of carbonyl (C=O) groups excluding carboxylic acids is 1. The lowest BCUT2D eigenvalue weighted by molar-refractivity contribution is 0.0761. The van der Waals surface area contributed by atoms with E-state index in [1.165, 1.54) is 0 Å². The van der Waals surface area contributed by atoms with Gasteiger partial charge in [-0.3, -0.25) is 4.79 Å². The van der Waals surface area contributed by atoms with Gasteiger partial charge in [0.1, 0.15) is 5.58 Å². The Hall–Kier alpha value is -1.85. The van der Waals surface area contributed by atoms with Crippen LogP contribution in [0.1, 0.15) is 16.1 Å². The molecule has 0 bridgehead atoms. The third kappa shape index (κ3) is 2.84. The Bertz CT molecular complexity index is 592. The predicted octanol–water partition coefficient (Wildman–Crippen LogP) is 1.87. The van der Waals surface area contributed by atoms with Crippen LogP contribution in [-0.2, 0) is 11.3 Å². The van der Waals surface area contributed by atoms with Crippen molar-refractivity contribution >= 4 is 16.9 Å². The van der Waals surface area contributed by atoms with Crippen LogP contribution in [0.25, 0.3) is 11.0 Å². The largest absolute Gasteiger partial charge is 0.451 e. The van der Waals surface area contributed by atoms with Crippen LogP contribution in [0.4, 0.5) is 0 Å². The van der Waals surface area contributed by atoms with Crippen LogP contribution in [0.15, 0.2) is 28.7 Å². The molecule has 0 spiro atoms. The lowest BCUT2D eigenvalue weighted by Gasteiger charge is -2.16. The molecule has 20 heavy (non-hydrogen) atoms. The van der Waals surface area contributed by atoms with Crippen molar-refractivity contribution in [2.24, 2.45) is 0 Å². The summed E-state index contributed by atoms with van der Waals surface area (Å²) in [5, 5.41) is 3.95.